The monoisotopic (exact) mass is 300 g/mol. The molecule has 1 amide bonds. The molecule has 0 radical (unpaired) electrons. The number of hydrogen-bond acceptors (Lipinski definition) is 5. The van der Waals surface area contributed by atoms with Crippen LogP contribution in [0.1, 0.15) is 28.9 Å². The molecule has 1 unspecified atom stereocenters. The van der Waals surface area contributed by atoms with Crippen molar-refractivity contribution in [3.05, 3.63) is 54.0 Å². The van der Waals surface area contributed by atoms with Crippen molar-refractivity contribution in [3.8, 4) is 0 Å². The Morgan fingerprint density at radius 3 is 2.68 bits per heavy atom. The van der Waals surface area contributed by atoms with Gasteiger partial charge < -0.3 is 15.4 Å². The molecule has 0 bridgehead atoms. The van der Waals surface area contributed by atoms with Crippen molar-refractivity contribution in [1.29, 1.82) is 0 Å². The van der Waals surface area contributed by atoms with E-state index in [1.165, 1.54) is 0 Å². The largest absolute Gasteiger partial charge is 0.383 e. The predicted octanol–water partition coefficient (Wildman–Crippen LogP) is 2.03. The zero-order valence-electron chi connectivity index (χ0n) is 12.7. The Hall–Kier alpha value is -2.47. The SMILES string of the molecule is COCCNC(=O)c1ccc(NC(C)c2ccncc2)nc1. The molecule has 1 atom stereocenters. The summed E-state index contributed by atoms with van der Waals surface area (Å²) < 4.78 is 4.89. The van der Waals surface area contributed by atoms with Crippen LogP contribution in [-0.2, 0) is 4.74 Å². The van der Waals surface area contributed by atoms with E-state index in [2.05, 4.69) is 20.6 Å². The highest BCUT2D eigenvalue weighted by Crippen LogP contribution is 2.16. The molecule has 2 N–H and O–H groups in total. The van der Waals surface area contributed by atoms with E-state index in [-0.39, 0.29) is 11.9 Å². The third-order valence-electron chi connectivity index (χ3n) is 3.19. The molecule has 0 fully saturated rings. The fourth-order valence-corrected chi connectivity index (χ4v) is 1.94. The number of carbonyl (C=O) groups excluding carboxylic acids is 1. The maximum Gasteiger partial charge on any atom is 0.252 e. The molecule has 2 rings (SSSR count). The smallest absolute Gasteiger partial charge is 0.252 e. The van der Waals surface area contributed by atoms with E-state index in [9.17, 15) is 4.79 Å². The number of ether oxygens (including phenoxy) is 1. The first-order chi connectivity index (χ1) is 10.7. The van der Waals surface area contributed by atoms with Gasteiger partial charge in [-0.1, -0.05) is 0 Å². The van der Waals surface area contributed by atoms with E-state index < -0.39 is 0 Å². The summed E-state index contributed by atoms with van der Waals surface area (Å²) in [6.07, 6.45) is 5.08. The number of carbonyl (C=O) groups is 1. The Labute approximate surface area is 129 Å². The van der Waals surface area contributed by atoms with Gasteiger partial charge in [-0.25, -0.2) is 4.98 Å². The second-order valence-electron chi connectivity index (χ2n) is 4.83. The maximum absolute atomic E-state index is 11.8. The first kappa shape index (κ1) is 15.9. The summed E-state index contributed by atoms with van der Waals surface area (Å²) in [5, 5.41) is 6.04. The minimum atomic E-state index is -0.154. The summed E-state index contributed by atoms with van der Waals surface area (Å²) in [6, 6.07) is 7.56. The Balaban J connectivity index is 1.93. The molecule has 0 aliphatic heterocycles. The lowest BCUT2D eigenvalue weighted by Gasteiger charge is -2.14. The molecule has 116 valence electrons. The van der Waals surface area contributed by atoms with Gasteiger partial charge in [0.25, 0.3) is 5.91 Å². The van der Waals surface area contributed by atoms with Crippen LogP contribution in [0.4, 0.5) is 5.82 Å². The Kier molecular flexibility index (Phi) is 5.85. The number of rotatable bonds is 7. The number of aromatic nitrogens is 2. The van der Waals surface area contributed by atoms with E-state index >= 15 is 0 Å². The molecule has 2 aromatic heterocycles. The zero-order chi connectivity index (χ0) is 15.8. The summed E-state index contributed by atoms with van der Waals surface area (Å²) in [5.74, 6) is 0.566. The first-order valence-corrected chi connectivity index (χ1v) is 7.10. The van der Waals surface area contributed by atoms with Crippen LogP contribution in [0.2, 0.25) is 0 Å². The van der Waals surface area contributed by atoms with Gasteiger partial charge in [0.15, 0.2) is 0 Å². The highest BCUT2D eigenvalue weighted by molar-refractivity contribution is 5.94. The number of nitrogens with zero attached hydrogens (tertiary/aromatic N) is 2. The number of pyridine rings is 2. The number of nitrogens with one attached hydrogen (secondary N) is 2. The molecule has 0 aromatic carbocycles. The molecule has 0 aliphatic carbocycles. The van der Waals surface area contributed by atoms with Gasteiger partial charge in [0.05, 0.1) is 18.2 Å². The minimum Gasteiger partial charge on any atom is -0.383 e. The highest BCUT2D eigenvalue weighted by Gasteiger charge is 2.08. The van der Waals surface area contributed by atoms with Crippen molar-refractivity contribution < 1.29 is 9.53 Å². The van der Waals surface area contributed by atoms with Crippen molar-refractivity contribution in [2.75, 3.05) is 25.6 Å². The Morgan fingerprint density at radius 2 is 2.05 bits per heavy atom. The summed E-state index contributed by atoms with van der Waals surface area (Å²) in [4.78, 5) is 20.1. The van der Waals surface area contributed by atoms with E-state index in [0.29, 0.717) is 18.7 Å². The second-order valence-corrected chi connectivity index (χ2v) is 4.83. The van der Waals surface area contributed by atoms with Crippen molar-refractivity contribution in [2.45, 2.75) is 13.0 Å². The third-order valence-corrected chi connectivity index (χ3v) is 3.19. The van der Waals surface area contributed by atoms with Gasteiger partial charge in [0, 0.05) is 32.2 Å². The van der Waals surface area contributed by atoms with Crippen LogP contribution in [0.5, 0.6) is 0 Å². The molecule has 22 heavy (non-hydrogen) atoms. The number of methoxy groups -OCH3 is 1. The Bertz CT molecular complexity index is 587. The van der Waals surface area contributed by atoms with Crippen molar-refractivity contribution in [1.82, 2.24) is 15.3 Å². The molecule has 2 heterocycles. The summed E-state index contributed by atoms with van der Waals surface area (Å²) in [7, 11) is 1.60. The van der Waals surface area contributed by atoms with Gasteiger partial charge in [-0.3, -0.25) is 9.78 Å². The fourth-order valence-electron chi connectivity index (χ4n) is 1.94. The molecule has 6 nitrogen and oxygen atoms in total. The van der Waals surface area contributed by atoms with Crippen LogP contribution >= 0.6 is 0 Å². The quantitative estimate of drug-likeness (QED) is 0.765. The van der Waals surface area contributed by atoms with Gasteiger partial charge in [-0.05, 0) is 36.8 Å². The van der Waals surface area contributed by atoms with Crippen LogP contribution in [-0.4, -0.2) is 36.1 Å². The lowest BCUT2D eigenvalue weighted by molar-refractivity contribution is 0.0937. The molecule has 0 aliphatic rings. The Morgan fingerprint density at radius 1 is 1.27 bits per heavy atom. The topological polar surface area (TPSA) is 76.1 Å². The average Bonchev–Trinajstić information content (AvgIpc) is 2.56. The molecule has 6 heteroatoms. The third kappa shape index (κ3) is 4.53. The molecular weight excluding hydrogens is 280 g/mol. The zero-order valence-corrected chi connectivity index (χ0v) is 12.7. The predicted molar refractivity (Wildman–Crippen MR) is 84.7 cm³/mol. The second kappa shape index (κ2) is 8.09. The first-order valence-electron chi connectivity index (χ1n) is 7.10. The minimum absolute atomic E-state index is 0.108. The summed E-state index contributed by atoms with van der Waals surface area (Å²) in [5.41, 5.74) is 1.65. The van der Waals surface area contributed by atoms with Crippen molar-refractivity contribution >= 4 is 11.7 Å². The maximum atomic E-state index is 11.8. The van der Waals surface area contributed by atoms with Gasteiger partial charge >= 0.3 is 0 Å². The van der Waals surface area contributed by atoms with Crippen molar-refractivity contribution in [2.24, 2.45) is 0 Å². The van der Waals surface area contributed by atoms with Gasteiger partial charge in [0.1, 0.15) is 5.82 Å². The average molecular weight is 300 g/mol. The van der Waals surface area contributed by atoms with E-state index in [4.69, 9.17) is 4.74 Å². The van der Waals surface area contributed by atoms with Crippen molar-refractivity contribution in [3.63, 3.8) is 0 Å². The summed E-state index contributed by atoms with van der Waals surface area (Å²) >= 11 is 0. The van der Waals surface area contributed by atoms with Crippen LogP contribution in [0.3, 0.4) is 0 Å². The lowest BCUT2D eigenvalue weighted by Crippen LogP contribution is -2.27. The molecule has 0 spiro atoms. The summed E-state index contributed by atoms with van der Waals surface area (Å²) in [6.45, 7) is 3.01. The van der Waals surface area contributed by atoms with Gasteiger partial charge in [0.2, 0.25) is 0 Å². The van der Waals surface area contributed by atoms with Crippen LogP contribution in [0, 0.1) is 0 Å². The molecular formula is C16H20N4O2. The molecule has 0 saturated carbocycles. The van der Waals surface area contributed by atoms with Crippen LogP contribution in [0.25, 0.3) is 0 Å². The number of hydrogen-bond donors (Lipinski definition) is 2. The van der Waals surface area contributed by atoms with E-state index in [1.54, 1.807) is 37.8 Å². The van der Waals surface area contributed by atoms with Gasteiger partial charge in [-0.15, -0.1) is 0 Å². The molecule has 0 saturated heterocycles. The van der Waals surface area contributed by atoms with E-state index in [0.717, 1.165) is 11.4 Å². The normalized spacial score (nSPS) is 11.7. The number of amides is 1. The van der Waals surface area contributed by atoms with Crippen LogP contribution < -0.4 is 10.6 Å². The standard InChI is InChI=1S/C16H20N4O2/c1-12(13-5-7-17-8-6-13)20-15-4-3-14(11-19-15)16(21)18-9-10-22-2/h3-8,11-12H,9-10H2,1-2H3,(H,18,21)(H,19,20). The fraction of sp³-hybridized carbons (Fsp3) is 0.312. The van der Waals surface area contributed by atoms with E-state index in [1.807, 2.05) is 19.1 Å². The van der Waals surface area contributed by atoms with Gasteiger partial charge in [-0.2, -0.15) is 0 Å². The number of anilines is 1. The lowest BCUT2D eigenvalue weighted by atomic mass is 10.1. The van der Waals surface area contributed by atoms with Crippen LogP contribution in [0.15, 0.2) is 42.9 Å². The molecule has 2 aromatic rings. The highest BCUT2D eigenvalue weighted by atomic mass is 16.5.